The molecule has 1 aromatic heterocycles. The number of hydrogen-bond acceptors (Lipinski definition) is 3. The fraction of sp³-hybridized carbons (Fsp3) is 0.0577. The molecule has 0 atom stereocenters. The zero-order valence-electron chi connectivity index (χ0n) is 30.6. The minimum absolute atomic E-state index is 0.0672. The van der Waals surface area contributed by atoms with Gasteiger partial charge in [-0.2, -0.15) is 0 Å². The van der Waals surface area contributed by atoms with Crippen molar-refractivity contribution in [2.45, 2.75) is 19.3 Å². The molecule has 0 bridgehead atoms. The maximum absolute atomic E-state index is 5.17. The van der Waals surface area contributed by atoms with E-state index in [0.717, 1.165) is 33.2 Å². The van der Waals surface area contributed by atoms with Gasteiger partial charge in [0.25, 0.3) is 0 Å². The zero-order chi connectivity index (χ0) is 36.7. The molecule has 0 unspecified atom stereocenters. The molecule has 0 N–H and O–H groups in total. The van der Waals surface area contributed by atoms with E-state index >= 15 is 0 Å². The molecule has 1 aliphatic carbocycles. The highest BCUT2D eigenvalue weighted by Crippen LogP contribution is 2.53. The smallest absolute Gasteiger partial charge is 0.164 e. The van der Waals surface area contributed by atoms with Crippen LogP contribution in [-0.4, -0.2) is 15.0 Å². The third kappa shape index (κ3) is 4.93. The summed E-state index contributed by atoms with van der Waals surface area (Å²) in [6, 6.07) is 63.2. The lowest BCUT2D eigenvalue weighted by molar-refractivity contribution is 0.661. The Morgan fingerprint density at radius 2 is 0.891 bits per heavy atom. The van der Waals surface area contributed by atoms with Gasteiger partial charge in [-0.3, -0.25) is 0 Å². The number of fused-ring (bicyclic) bond motifs is 10. The Labute approximate surface area is 319 Å². The summed E-state index contributed by atoms with van der Waals surface area (Å²) in [5.74, 6) is 1.95. The van der Waals surface area contributed by atoms with Crippen molar-refractivity contribution in [3.8, 4) is 56.4 Å². The predicted octanol–water partition coefficient (Wildman–Crippen LogP) is 13.5. The van der Waals surface area contributed by atoms with Crippen LogP contribution in [0, 0.1) is 0 Å². The van der Waals surface area contributed by atoms with E-state index in [-0.39, 0.29) is 5.41 Å². The second-order valence-electron chi connectivity index (χ2n) is 15.2. The average Bonchev–Trinajstić information content (AvgIpc) is 3.49. The monoisotopic (exact) mass is 701 g/mol. The molecule has 1 heterocycles. The molecule has 55 heavy (non-hydrogen) atoms. The van der Waals surface area contributed by atoms with Crippen LogP contribution in [0.5, 0.6) is 0 Å². The molecule has 0 radical (unpaired) electrons. The molecular weight excluding hydrogens is 667 g/mol. The third-order valence-corrected chi connectivity index (χ3v) is 11.7. The number of aromatic nitrogens is 3. The van der Waals surface area contributed by atoms with Gasteiger partial charge in [-0.1, -0.05) is 172 Å². The SMILES string of the molecule is CC1(C)c2ccccc2-c2c1ccc1ccc3ccc4cc(-c5cc6ccccc6cc5-c5nc(-c6ccccc6)nc(-c6ccccc6)n5)ccc4c3c21. The van der Waals surface area contributed by atoms with Crippen LogP contribution in [0.1, 0.15) is 25.0 Å². The van der Waals surface area contributed by atoms with Gasteiger partial charge in [-0.05, 0) is 94.7 Å². The van der Waals surface area contributed by atoms with Crippen LogP contribution in [-0.2, 0) is 5.41 Å². The minimum atomic E-state index is -0.0672. The summed E-state index contributed by atoms with van der Waals surface area (Å²) < 4.78 is 0. The van der Waals surface area contributed by atoms with E-state index in [1.165, 1.54) is 60.0 Å². The molecule has 0 amide bonds. The Morgan fingerprint density at radius 1 is 0.345 bits per heavy atom. The van der Waals surface area contributed by atoms with Crippen LogP contribution < -0.4 is 0 Å². The van der Waals surface area contributed by atoms with Crippen molar-refractivity contribution in [3.05, 3.63) is 187 Å². The molecule has 11 rings (SSSR count). The normalized spacial score (nSPS) is 13.1. The van der Waals surface area contributed by atoms with E-state index < -0.39 is 0 Å². The lowest BCUT2D eigenvalue weighted by atomic mass is 9.81. The summed E-state index contributed by atoms with van der Waals surface area (Å²) in [6.07, 6.45) is 0. The van der Waals surface area contributed by atoms with Crippen molar-refractivity contribution in [1.29, 1.82) is 0 Å². The van der Waals surface area contributed by atoms with E-state index in [4.69, 9.17) is 15.0 Å². The van der Waals surface area contributed by atoms with Crippen molar-refractivity contribution in [1.82, 2.24) is 15.0 Å². The molecule has 258 valence electrons. The summed E-state index contributed by atoms with van der Waals surface area (Å²) in [5.41, 5.74) is 10.5. The van der Waals surface area contributed by atoms with E-state index in [2.05, 4.69) is 153 Å². The van der Waals surface area contributed by atoms with Crippen LogP contribution in [0.15, 0.2) is 176 Å². The molecule has 10 aromatic rings. The molecule has 0 spiro atoms. The van der Waals surface area contributed by atoms with Crippen LogP contribution >= 0.6 is 0 Å². The average molecular weight is 702 g/mol. The van der Waals surface area contributed by atoms with Gasteiger partial charge in [-0.15, -0.1) is 0 Å². The summed E-state index contributed by atoms with van der Waals surface area (Å²) in [5, 5.41) is 9.93. The standard InChI is InChI=1S/C52H35N3/c1-52(2)44-20-12-11-19-41(44)48-45(52)28-26-33-22-21-32-23-24-38-29-39(25-27-40(38)46(32)47(33)48)42-30-36-17-9-10-18-37(36)31-43(42)51-54-49(34-13-5-3-6-14-34)53-50(55-51)35-15-7-4-8-16-35/h3-31H,1-2H3. The van der Waals surface area contributed by atoms with Gasteiger partial charge in [0, 0.05) is 22.1 Å². The minimum Gasteiger partial charge on any atom is -0.208 e. The van der Waals surface area contributed by atoms with Gasteiger partial charge in [0.15, 0.2) is 17.5 Å². The Kier molecular flexibility index (Phi) is 6.90. The first-order valence-electron chi connectivity index (χ1n) is 18.9. The molecule has 0 saturated carbocycles. The summed E-state index contributed by atoms with van der Waals surface area (Å²) >= 11 is 0. The van der Waals surface area contributed by atoms with E-state index in [9.17, 15) is 0 Å². The molecule has 3 nitrogen and oxygen atoms in total. The fourth-order valence-electron chi connectivity index (χ4n) is 8.92. The number of benzene rings is 9. The van der Waals surface area contributed by atoms with Crippen molar-refractivity contribution in [3.63, 3.8) is 0 Å². The lowest BCUT2D eigenvalue weighted by Crippen LogP contribution is -2.14. The Morgan fingerprint density at radius 3 is 1.58 bits per heavy atom. The summed E-state index contributed by atoms with van der Waals surface area (Å²) in [7, 11) is 0. The highest BCUT2D eigenvalue weighted by molar-refractivity contribution is 6.25. The maximum atomic E-state index is 5.17. The Hall–Kier alpha value is -6.97. The van der Waals surface area contributed by atoms with Crippen LogP contribution in [0.3, 0.4) is 0 Å². The molecular formula is C52H35N3. The molecule has 0 saturated heterocycles. The van der Waals surface area contributed by atoms with Crippen LogP contribution in [0.2, 0.25) is 0 Å². The maximum Gasteiger partial charge on any atom is 0.164 e. The topological polar surface area (TPSA) is 38.7 Å². The molecule has 0 fully saturated rings. The summed E-state index contributed by atoms with van der Waals surface area (Å²) in [4.78, 5) is 15.3. The van der Waals surface area contributed by atoms with Gasteiger partial charge in [-0.25, -0.2) is 15.0 Å². The van der Waals surface area contributed by atoms with E-state index in [1.54, 1.807) is 0 Å². The van der Waals surface area contributed by atoms with Crippen molar-refractivity contribution >= 4 is 43.1 Å². The number of hydrogen-bond donors (Lipinski definition) is 0. The third-order valence-electron chi connectivity index (χ3n) is 11.7. The number of nitrogens with zero attached hydrogens (tertiary/aromatic N) is 3. The first-order chi connectivity index (χ1) is 27.0. The van der Waals surface area contributed by atoms with Crippen molar-refractivity contribution in [2.75, 3.05) is 0 Å². The predicted molar refractivity (Wildman–Crippen MR) is 229 cm³/mol. The second-order valence-corrected chi connectivity index (χ2v) is 15.2. The summed E-state index contributed by atoms with van der Waals surface area (Å²) in [6.45, 7) is 4.72. The highest BCUT2D eigenvalue weighted by Gasteiger charge is 2.36. The lowest BCUT2D eigenvalue weighted by Gasteiger charge is -2.21. The molecule has 3 heteroatoms. The van der Waals surface area contributed by atoms with Crippen LogP contribution in [0.4, 0.5) is 0 Å². The van der Waals surface area contributed by atoms with Gasteiger partial charge in [0.1, 0.15) is 0 Å². The highest BCUT2D eigenvalue weighted by atomic mass is 15.0. The van der Waals surface area contributed by atoms with Gasteiger partial charge >= 0.3 is 0 Å². The number of rotatable bonds is 4. The first-order valence-corrected chi connectivity index (χ1v) is 18.9. The Bertz CT molecular complexity index is 3110. The van der Waals surface area contributed by atoms with Crippen molar-refractivity contribution in [2.24, 2.45) is 0 Å². The van der Waals surface area contributed by atoms with Crippen molar-refractivity contribution < 1.29 is 0 Å². The van der Waals surface area contributed by atoms with E-state index in [0.29, 0.717) is 17.5 Å². The van der Waals surface area contributed by atoms with Gasteiger partial charge < -0.3 is 0 Å². The first kappa shape index (κ1) is 31.5. The molecule has 0 aliphatic heterocycles. The zero-order valence-corrected chi connectivity index (χ0v) is 30.6. The quantitative estimate of drug-likeness (QED) is 0.171. The van der Waals surface area contributed by atoms with E-state index in [1.807, 2.05) is 36.4 Å². The second kappa shape index (κ2) is 12.0. The van der Waals surface area contributed by atoms with Gasteiger partial charge in [0.05, 0.1) is 0 Å². The van der Waals surface area contributed by atoms with Gasteiger partial charge in [0.2, 0.25) is 0 Å². The fourth-order valence-corrected chi connectivity index (χ4v) is 8.92. The van der Waals surface area contributed by atoms with Crippen LogP contribution in [0.25, 0.3) is 99.5 Å². The Balaban J connectivity index is 1.16. The molecule has 1 aliphatic rings. The molecule has 9 aromatic carbocycles. The largest absolute Gasteiger partial charge is 0.208 e.